The Hall–Kier alpha value is -2.41. The fourth-order valence-corrected chi connectivity index (χ4v) is 2.92. The Morgan fingerprint density at radius 1 is 1.41 bits per heavy atom. The van der Waals surface area contributed by atoms with Gasteiger partial charge in [0.05, 0.1) is 31.5 Å². The first-order valence-corrected chi connectivity index (χ1v) is 9.98. The highest BCUT2D eigenvalue weighted by Gasteiger charge is 2.08. The van der Waals surface area contributed by atoms with Crippen LogP contribution < -0.4 is 10.2 Å². The predicted octanol–water partition coefficient (Wildman–Crippen LogP) is 4.43. The van der Waals surface area contributed by atoms with E-state index in [2.05, 4.69) is 29.4 Å². The molecule has 0 saturated carbocycles. The fourth-order valence-electron chi connectivity index (χ4n) is 2.26. The van der Waals surface area contributed by atoms with Crippen LogP contribution in [0.1, 0.15) is 44.0 Å². The van der Waals surface area contributed by atoms with Crippen molar-refractivity contribution in [2.24, 2.45) is 11.0 Å². The molecule has 2 rings (SSSR count). The maximum atomic E-state index is 11.5. The van der Waals surface area contributed by atoms with Gasteiger partial charge in [-0.05, 0) is 38.3 Å². The zero-order valence-corrected chi connectivity index (χ0v) is 17.1. The van der Waals surface area contributed by atoms with Gasteiger partial charge in [0.25, 0.3) is 0 Å². The van der Waals surface area contributed by atoms with Gasteiger partial charge in [-0.1, -0.05) is 25.5 Å². The molecule has 146 valence electrons. The zero-order valence-electron chi connectivity index (χ0n) is 16.3. The van der Waals surface area contributed by atoms with Crippen LogP contribution in [-0.4, -0.2) is 30.4 Å². The Labute approximate surface area is 164 Å². The number of hydrogen-bond acceptors (Lipinski definition) is 7. The van der Waals surface area contributed by atoms with Crippen LogP contribution in [0.15, 0.2) is 28.7 Å². The minimum atomic E-state index is -0.277. The number of hydrazone groups is 1. The number of carbonyl (C=O) groups is 1. The average Bonchev–Trinajstić information content (AvgIpc) is 3.04. The molecule has 0 unspecified atom stereocenters. The molecule has 0 fully saturated rings. The van der Waals surface area contributed by atoms with E-state index < -0.39 is 0 Å². The molecule has 0 aliphatic carbocycles. The maximum absolute atomic E-state index is 11.5. The van der Waals surface area contributed by atoms with Crippen molar-refractivity contribution >= 4 is 28.7 Å². The van der Waals surface area contributed by atoms with E-state index in [1.807, 2.05) is 30.5 Å². The Kier molecular flexibility index (Phi) is 8.26. The summed E-state index contributed by atoms with van der Waals surface area (Å²) >= 11 is 1.39. The second kappa shape index (κ2) is 10.7. The van der Waals surface area contributed by atoms with Gasteiger partial charge in [-0.2, -0.15) is 5.10 Å². The van der Waals surface area contributed by atoms with Crippen LogP contribution in [0.3, 0.4) is 0 Å². The number of rotatable bonds is 10. The Balaban J connectivity index is 1.96. The third-order valence-corrected chi connectivity index (χ3v) is 4.46. The molecule has 27 heavy (non-hydrogen) atoms. The molecule has 0 amide bonds. The van der Waals surface area contributed by atoms with E-state index >= 15 is 0 Å². The van der Waals surface area contributed by atoms with Gasteiger partial charge in [-0.3, -0.25) is 10.2 Å². The number of nitrogens with zero attached hydrogens (tertiary/aromatic N) is 2. The van der Waals surface area contributed by atoms with Crippen LogP contribution in [0.2, 0.25) is 0 Å². The number of aromatic nitrogens is 1. The van der Waals surface area contributed by atoms with Crippen molar-refractivity contribution in [2.75, 3.05) is 18.6 Å². The summed E-state index contributed by atoms with van der Waals surface area (Å²) in [5.74, 6) is 1.14. The summed E-state index contributed by atoms with van der Waals surface area (Å²) in [7, 11) is 0. The molecule has 0 spiro atoms. The second-order valence-electron chi connectivity index (χ2n) is 6.57. The Bertz CT molecular complexity index is 772. The molecular formula is C20H27N3O3S. The van der Waals surface area contributed by atoms with E-state index in [4.69, 9.17) is 9.47 Å². The first-order valence-electron chi connectivity index (χ1n) is 9.10. The molecule has 1 N–H and O–H groups in total. The lowest BCUT2D eigenvalue weighted by Gasteiger charge is -2.11. The van der Waals surface area contributed by atoms with Gasteiger partial charge in [-0.15, -0.1) is 11.3 Å². The summed E-state index contributed by atoms with van der Waals surface area (Å²) in [4.78, 5) is 15.8. The Morgan fingerprint density at radius 3 is 2.96 bits per heavy atom. The van der Waals surface area contributed by atoms with Crippen molar-refractivity contribution in [1.29, 1.82) is 0 Å². The average molecular weight is 390 g/mol. The van der Waals surface area contributed by atoms with Gasteiger partial charge in [0.1, 0.15) is 5.75 Å². The van der Waals surface area contributed by atoms with Crippen LogP contribution in [0, 0.1) is 12.8 Å². The number of aryl methyl sites for hydroxylation is 1. The van der Waals surface area contributed by atoms with E-state index in [9.17, 15) is 4.79 Å². The van der Waals surface area contributed by atoms with Gasteiger partial charge in [-0.25, -0.2) is 4.98 Å². The van der Waals surface area contributed by atoms with Crippen molar-refractivity contribution in [3.63, 3.8) is 0 Å². The monoisotopic (exact) mass is 389 g/mol. The van der Waals surface area contributed by atoms with Crippen LogP contribution in [0.4, 0.5) is 5.13 Å². The highest BCUT2D eigenvalue weighted by molar-refractivity contribution is 7.13. The molecule has 1 aromatic carbocycles. The third kappa shape index (κ3) is 7.38. The molecule has 0 saturated heterocycles. The van der Waals surface area contributed by atoms with Crippen molar-refractivity contribution in [1.82, 2.24) is 4.98 Å². The van der Waals surface area contributed by atoms with Crippen LogP contribution in [0.25, 0.3) is 0 Å². The van der Waals surface area contributed by atoms with Crippen LogP contribution in [-0.2, 0) is 16.0 Å². The summed E-state index contributed by atoms with van der Waals surface area (Å²) in [6, 6.07) is 6.03. The van der Waals surface area contributed by atoms with Crippen molar-refractivity contribution in [3.8, 4) is 5.75 Å². The van der Waals surface area contributed by atoms with E-state index in [-0.39, 0.29) is 12.4 Å². The molecule has 0 atom stereocenters. The maximum Gasteiger partial charge on any atom is 0.311 e. The topological polar surface area (TPSA) is 72.8 Å². The normalized spacial score (nSPS) is 11.1. The molecule has 0 radical (unpaired) electrons. The molecule has 7 heteroatoms. The van der Waals surface area contributed by atoms with Gasteiger partial charge in [0, 0.05) is 10.9 Å². The molecule has 0 bridgehead atoms. The molecule has 0 aliphatic rings. The van der Waals surface area contributed by atoms with Crippen molar-refractivity contribution in [3.05, 3.63) is 40.4 Å². The zero-order chi connectivity index (χ0) is 19.6. The minimum absolute atomic E-state index is 0.168. The lowest BCUT2D eigenvalue weighted by Crippen LogP contribution is -2.07. The summed E-state index contributed by atoms with van der Waals surface area (Å²) in [5, 5.41) is 6.71. The molecule has 0 aliphatic heterocycles. The third-order valence-electron chi connectivity index (χ3n) is 3.66. The number of thiazole rings is 1. The SMILES string of the molecule is CCOC(=O)Cc1csc(NN=Cc2cc(C)ccc2OCCC(C)C)n1. The number of esters is 1. The van der Waals surface area contributed by atoms with E-state index in [1.165, 1.54) is 11.3 Å². The van der Waals surface area contributed by atoms with Crippen LogP contribution >= 0.6 is 11.3 Å². The first-order chi connectivity index (χ1) is 13.0. The highest BCUT2D eigenvalue weighted by atomic mass is 32.1. The number of ether oxygens (including phenoxy) is 2. The standard InChI is InChI=1S/C20H27N3O3S/c1-5-25-19(24)11-17-13-27-20(22-17)23-21-12-16-10-15(4)6-7-18(16)26-9-8-14(2)3/h6-7,10,12-14H,5,8-9,11H2,1-4H3,(H,22,23). The summed E-state index contributed by atoms with van der Waals surface area (Å²) in [6.45, 7) is 9.22. The highest BCUT2D eigenvalue weighted by Crippen LogP contribution is 2.20. The predicted molar refractivity (Wildman–Crippen MR) is 110 cm³/mol. The van der Waals surface area contributed by atoms with E-state index in [1.54, 1.807) is 13.1 Å². The minimum Gasteiger partial charge on any atom is -0.493 e. The summed E-state index contributed by atoms with van der Waals surface area (Å²) in [5.41, 5.74) is 5.63. The number of benzene rings is 1. The Morgan fingerprint density at radius 2 is 2.22 bits per heavy atom. The van der Waals surface area contributed by atoms with Gasteiger partial charge in [0.15, 0.2) is 0 Å². The van der Waals surface area contributed by atoms with Crippen molar-refractivity contribution in [2.45, 2.75) is 40.5 Å². The molecule has 6 nitrogen and oxygen atoms in total. The van der Waals surface area contributed by atoms with Gasteiger partial charge >= 0.3 is 5.97 Å². The fraction of sp³-hybridized carbons (Fsp3) is 0.450. The van der Waals surface area contributed by atoms with Gasteiger partial charge in [0.2, 0.25) is 5.13 Å². The molecular weight excluding hydrogens is 362 g/mol. The van der Waals surface area contributed by atoms with E-state index in [0.717, 1.165) is 23.3 Å². The van der Waals surface area contributed by atoms with E-state index in [0.29, 0.717) is 30.0 Å². The van der Waals surface area contributed by atoms with Crippen molar-refractivity contribution < 1.29 is 14.3 Å². The lowest BCUT2D eigenvalue weighted by atomic mass is 10.1. The lowest BCUT2D eigenvalue weighted by molar-refractivity contribution is -0.142. The first kappa shape index (κ1) is 20.9. The quantitative estimate of drug-likeness (QED) is 0.370. The second-order valence-corrected chi connectivity index (χ2v) is 7.43. The molecule has 1 heterocycles. The number of nitrogens with one attached hydrogen (secondary N) is 1. The number of anilines is 1. The summed E-state index contributed by atoms with van der Waals surface area (Å²) < 4.78 is 10.8. The summed E-state index contributed by atoms with van der Waals surface area (Å²) in [6.07, 6.45) is 2.90. The molecule has 2 aromatic rings. The molecule has 1 aromatic heterocycles. The largest absolute Gasteiger partial charge is 0.493 e. The smallest absolute Gasteiger partial charge is 0.311 e. The van der Waals surface area contributed by atoms with Gasteiger partial charge < -0.3 is 9.47 Å². The number of hydrogen-bond donors (Lipinski definition) is 1. The van der Waals surface area contributed by atoms with Crippen LogP contribution in [0.5, 0.6) is 5.75 Å². The number of carbonyl (C=O) groups excluding carboxylic acids is 1.